The molecule has 2 N–H and O–H groups in total. The smallest absolute Gasteiger partial charge is 0.191 e. The van der Waals surface area contributed by atoms with Gasteiger partial charge in [-0.3, -0.25) is 9.89 Å². The number of nitrogens with one attached hydrogen (secondary N) is 2. The van der Waals surface area contributed by atoms with Crippen LogP contribution < -0.4 is 10.6 Å². The first kappa shape index (κ1) is 18.7. The first-order valence-electron chi connectivity index (χ1n) is 8.61. The normalized spacial score (nSPS) is 18.5. The molecular formula is C18H30FN5. The molecule has 6 heteroatoms. The lowest BCUT2D eigenvalue weighted by molar-refractivity contribution is 0.120. The fourth-order valence-corrected chi connectivity index (χ4v) is 2.86. The van der Waals surface area contributed by atoms with E-state index in [4.69, 9.17) is 0 Å². The second kappa shape index (κ2) is 8.99. The summed E-state index contributed by atoms with van der Waals surface area (Å²) in [6, 6.07) is 5.64. The van der Waals surface area contributed by atoms with Crippen LogP contribution in [0, 0.1) is 12.7 Å². The van der Waals surface area contributed by atoms with Crippen LogP contribution in [0.2, 0.25) is 0 Å². The van der Waals surface area contributed by atoms with Crippen molar-refractivity contribution in [1.82, 2.24) is 20.4 Å². The minimum absolute atomic E-state index is 0.165. The summed E-state index contributed by atoms with van der Waals surface area (Å²) in [4.78, 5) is 9.13. The Morgan fingerprint density at radius 2 is 1.96 bits per heavy atom. The monoisotopic (exact) mass is 335 g/mol. The third-order valence-corrected chi connectivity index (χ3v) is 4.63. The van der Waals surface area contributed by atoms with Crippen molar-refractivity contribution >= 4 is 5.96 Å². The SMILES string of the molecule is CN=C(NCc1ccc(F)c(C)c1)NCC(C)N1CCN(C)CC1. The van der Waals surface area contributed by atoms with E-state index in [1.54, 1.807) is 20.0 Å². The Balaban J connectivity index is 1.76. The molecule has 0 aromatic heterocycles. The third-order valence-electron chi connectivity index (χ3n) is 4.63. The maximum atomic E-state index is 13.3. The summed E-state index contributed by atoms with van der Waals surface area (Å²) in [6.07, 6.45) is 0. The molecule has 0 radical (unpaired) electrons. The van der Waals surface area contributed by atoms with Crippen LogP contribution in [0.25, 0.3) is 0 Å². The highest BCUT2D eigenvalue weighted by Crippen LogP contribution is 2.09. The first-order chi connectivity index (χ1) is 11.5. The molecule has 0 saturated carbocycles. The molecule has 24 heavy (non-hydrogen) atoms. The summed E-state index contributed by atoms with van der Waals surface area (Å²) in [7, 11) is 3.94. The van der Waals surface area contributed by atoms with Gasteiger partial charge in [-0.1, -0.05) is 12.1 Å². The van der Waals surface area contributed by atoms with Crippen molar-refractivity contribution < 1.29 is 4.39 Å². The van der Waals surface area contributed by atoms with E-state index in [-0.39, 0.29) is 5.82 Å². The molecule has 1 aromatic carbocycles. The second-order valence-corrected chi connectivity index (χ2v) is 6.58. The average molecular weight is 335 g/mol. The van der Waals surface area contributed by atoms with E-state index in [9.17, 15) is 4.39 Å². The molecule has 1 aliphatic heterocycles. The van der Waals surface area contributed by atoms with E-state index < -0.39 is 0 Å². The zero-order valence-electron chi connectivity index (χ0n) is 15.3. The van der Waals surface area contributed by atoms with Crippen molar-refractivity contribution in [1.29, 1.82) is 0 Å². The van der Waals surface area contributed by atoms with Gasteiger partial charge in [0, 0.05) is 52.4 Å². The maximum Gasteiger partial charge on any atom is 0.191 e. The Labute approximate surface area is 144 Å². The molecule has 1 aromatic rings. The van der Waals surface area contributed by atoms with Crippen LogP contribution in [0.15, 0.2) is 23.2 Å². The highest BCUT2D eigenvalue weighted by Gasteiger charge is 2.19. The van der Waals surface area contributed by atoms with E-state index in [2.05, 4.69) is 39.4 Å². The van der Waals surface area contributed by atoms with Crippen LogP contribution in [0.1, 0.15) is 18.1 Å². The Bertz CT molecular complexity index is 552. The van der Waals surface area contributed by atoms with Crippen LogP contribution in [0.3, 0.4) is 0 Å². The number of aliphatic imine (C=N–C) groups is 1. The number of rotatable bonds is 5. The Morgan fingerprint density at radius 1 is 1.25 bits per heavy atom. The van der Waals surface area contributed by atoms with Crippen LogP contribution >= 0.6 is 0 Å². The van der Waals surface area contributed by atoms with E-state index in [1.807, 2.05) is 6.07 Å². The van der Waals surface area contributed by atoms with Gasteiger partial charge in [-0.25, -0.2) is 4.39 Å². The summed E-state index contributed by atoms with van der Waals surface area (Å²) in [5.74, 6) is 0.611. The molecule has 1 aliphatic rings. The number of hydrogen-bond donors (Lipinski definition) is 2. The lowest BCUT2D eigenvalue weighted by Crippen LogP contribution is -2.52. The van der Waals surface area contributed by atoms with Gasteiger partial charge in [0.2, 0.25) is 0 Å². The number of halogens is 1. The first-order valence-corrected chi connectivity index (χ1v) is 8.61. The lowest BCUT2D eigenvalue weighted by atomic mass is 10.1. The molecule has 5 nitrogen and oxygen atoms in total. The van der Waals surface area contributed by atoms with Gasteiger partial charge in [0.1, 0.15) is 5.82 Å². The van der Waals surface area contributed by atoms with Gasteiger partial charge < -0.3 is 15.5 Å². The highest BCUT2D eigenvalue weighted by molar-refractivity contribution is 5.79. The van der Waals surface area contributed by atoms with Crippen molar-refractivity contribution in [2.75, 3.05) is 46.8 Å². The molecule has 1 unspecified atom stereocenters. The summed E-state index contributed by atoms with van der Waals surface area (Å²) in [6.45, 7) is 9.98. The van der Waals surface area contributed by atoms with Gasteiger partial charge in [-0.2, -0.15) is 0 Å². The molecule has 0 amide bonds. The second-order valence-electron chi connectivity index (χ2n) is 6.58. The van der Waals surface area contributed by atoms with Crippen molar-refractivity contribution in [3.8, 4) is 0 Å². The molecule has 0 aliphatic carbocycles. The topological polar surface area (TPSA) is 42.9 Å². The predicted octanol–water partition coefficient (Wildman–Crippen LogP) is 1.44. The molecule has 134 valence electrons. The minimum Gasteiger partial charge on any atom is -0.355 e. The van der Waals surface area contributed by atoms with Crippen LogP contribution in [-0.2, 0) is 6.54 Å². The van der Waals surface area contributed by atoms with Gasteiger partial charge in [-0.15, -0.1) is 0 Å². The molecular weight excluding hydrogens is 305 g/mol. The lowest BCUT2D eigenvalue weighted by Gasteiger charge is -2.36. The summed E-state index contributed by atoms with van der Waals surface area (Å²) in [5, 5.41) is 6.67. The number of guanidine groups is 1. The summed E-state index contributed by atoms with van der Waals surface area (Å²) >= 11 is 0. The molecule has 0 bridgehead atoms. The van der Waals surface area contributed by atoms with Crippen LogP contribution in [-0.4, -0.2) is 68.6 Å². The van der Waals surface area contributed by atoms with E-state index in [1.165, 1.54) is 6.07 Å². The number of aryl methyl sites for hydroxylation is 1. The maximum absolute atomic E-state index is 13.3. The fraction of sp³-hybridized carbons (Fsp3) is 0.611. The van der Waals surface area contributed by atoms with Crippen LogP contribution in [0.5, 0.6) is 0 Å². The Morgan fingerprint density at radius 3 is 2.58 bits per heavy atom. The fourth-order valence-electron chi connectivity index (χ4n) is 2.86. The Kier molecular flexibility index (Phi) is 6.99. The van der Waals surface area contributed by atoms with E-state index in [0.29, 0.717) is 18.2 Å². The number of piperazine rings is 1. The number of likely N-dealkylation sites (N-methyl/N-ethyl adjacent to an activating group) is 1. The summed E-state index contributed by atoms with van der Waals surface area (Å²) < 4.78 is 13.3. The molecule has 1 fully saturated rings. The molecule has 1 atom stereocenters. The minimum atomic E-state index is -0.165. The van der Waals surface area contributed by atoms with Crippen molar-refractivity contribution in [3.05, 3.63) is 35.1 Å². The highest BCUT2D eigenvalue weighted by atomic mass is 19.1. The number of benzene rings is 1. The van der Waals surface area contributed by atoms with Gasteiger partial charge in [0.25, 0.3) is 0 Å². The summed E-state index contributed by atoms with van der Waals surface area (Å²) in [5.41, 5.74) is 1.71. The zero-order chi connectivity index (χ0) is 17.5. The van der Waals surface area contributed by atoms with Crippen molar-refractivity contribution in [2.24, 2.45) is 4.99 Å². The molecule has 0 spiro atoms. The molecule has 1 saturated heterocycles. The van der Waals surface area contributed by atoms with Crippen molar-refractivity contribution in [3.63, 3.8) is 0 Å². The van der Waals surface area contributed by atoms with E-state index >= 15 is 0 Å². The van der Waals surface area contributed by atoms with Gasteiger partial charge in [0.15, 0.2) is 5.96 Å². The van der Waals surface area contributed by atoms with Crippen LogP contribution in [0.4, 0.5) is 4.39 Å². The molecule has 1 heterocycles. The number of hydrogen-bond acceptors (Lipinski definition) is 3. The number of nitrogens with zero attached hydrogens (tertiary/aromatic N) is 3. The standard InChI is InChI=1S/C18H30FN5/c1-14-11-16(5-6-17(14)19)13-22-18(20-3)21-12-15(2)24-9-7-23(4)8-10-24/h5-6,11,15H,7-10,12-13H2,1-4H3,(H2,20,21,22). The third kappa shape index (κ3) is 5.46. The van der Waals surface area contributed by atoms with Gasteiger partial charge in [0.05, 0.1) is 0 Å². The quantitative estimate of drug-likeness (QED) is 0.631. The zero-order valence-corrected chi connectivity index (χ0v) is 15.3. The predicted molar refractivity (Wildman–Crippen MR) is 97.9 cm³/mol. The van der Waals surface area contributed by atoms with Gasteiger partial charge >= 0.3 is 0 Å². The molecule has 2 rings (SSSR count). The van der Waals surface area contributed by atoms with E-state index in [0.717, 1.165) is 44.2 Å². The Hall–Kier alpha value is -1.66. The van der Waals surface area contributed by atoms with Crippen molar-refractivity contribution in [2.45, 2.75) is 26.4 Å². The average Bonchev–Trinajstić information content (AvgIpc) is 2.58. The van der Waals surface area contributed by atoms with Gasteiger partial charge in [-0.05, 0) is 38.1 Å². The largest absolute Gasteiger partial charge is 0.355 e.